The van der Waals surface area contributed by atoms with Gasteiger partial charge in [0.25, 0.3) is 0 Å². The van der Waals surface area contributed by atoms with E-state index < -0.39 is 53.8 Å². The van der Waals surface area contributed by atoms with Crippen LogP contribution < -0.4 is 0 Å². The number of nitrogens with zero attached hydrogens (tertiary/aromatic N) is 4. The number of hydrogen-bond donors (Lipinski definition) is 1. The van der Waals surface area contributed by atoms with E-state index in [0.29, 0.717) is 0 Å². The van der Waals surface area contributed by atoms with Crippen LogP contribution >= 0.6 is 0 Å². The normalized spacial score (nSPS) is 28.6. The first kappa shape index (κ1) is 24.2. The van der Waals surface area contributed by atoms with Crippen LogP contribution in [0, 0.1) is 18.6 Å². The third-order valence-corrected chi connectivity index (χ3v) is 5.86. The first-order valence-corrected chi connectivity index (χ1v) is 10.8. The Morgan fingerprint density at radius 2 is 2.15 bits per heavy atom. The van der Waals surface area contributed by atoms with Crippen molar-refractivity contribution < 1.29 is 37.7 Å². The largest absolute Gasteiger partial charge is 0.457 e. The van der Waals surface area contributed by atoms with Gasteiger partial charge in [0.05, 0.1) is 12.8 Å². The molecule has 0 radical (unpaired) electrons. The van der Waals surface area contributed by atoms with Crippen LogP contribution in [0.2, 0.25) is 0 Å². The number of esters is 1. The summed E-state index contributed by atoms with van der Waals surface area (Å²) in [6.07, 6.45) is -0.0888. The number of aromatic nitrogens is 3. The molecule has 0 amide bonds. The zero-order valence-electron chi connectivity index (χ0n) is 19.1. The monoisotopic (exact) mass is 480 g/mol. The molecule has 2 aliphatic heterocycles. The van der Waals surface area contributed by atoms with Gasteiger partial charge in [0.1, 0.15) is 30.0 Å². The van der Waals surface area contributed by atoms with Gasteiger partial charge in [0.15, 0.2) is 23.5 Å². The highest BCUT2D eigenvalue weighted by molar-refractivity contribution is 5.66. The van der Waals surface area contributed by atoms with E-state index in [0.717, 1.165) is 0 Å². The van der Waals surface area contributed by atoms with Gasteiger partial charge in [0, 0.05) is 25.1 Å². The molecule has 184 valence electrons. The highest BCUT2D eigenvalue weighted by Crippen LogP contribution is 2.40. The van der Waals surface area contributed by atoms with Gasteiger partial charge >= 0.3 is 5.97 Å². The number of halogens is 2. The molecule has 2 fully saturated rings. The molecule has 12 heteroatoms. The Balaban J connectivity index is 1.77. The number of fused-ring (bicyclic) bond motifs is 1. The van der Waals surface area contributed by atoms with Crippen molar-refractivity contribution in [1.29, 1.82) is 0 Å². The van der Waals surface area contributed by atoms with E-state index >= 15 is 0 Å². The number of carbonyl (C=O) groups is 1. The van der Waals surface area contributed by atoms with Crippen molar-refractivity contribution in [3.05, 3.63) is 35.5 Å². The number of rotatable bonds is 5. The summed E-state index contributed by atoms with van der Waals surface area (Å²) in [5, 5.41) is 20.1. The second kappa shape index (κ2) is 9.35. The van der Waals surface area contributed by atoms with Crippen molar-refractivity contribution in [2.75, 3.05) is 6.61 Å². The second-order valence-corrected chi connectivity index (χ2v) is 8.75. The summed E-state index contributed by atoms with van der Waals surface area (Å²) in [6.45, 7) is 6.39. The molecule has 5 unspecified atom stereocenters. The van der Waals surface area contributed by atoms with Crippen molar-refractivity contribution >= 4 is 12.2 Å². The molecule has 3 heterocycles. The van der Waals surface area contributed by atoms with Crippen LogP contribution in [0.15, 0.2) is 23.5 Å². The Labute approximate surface area is 194 Å². The quantitative estimate of drug-likeness (QED) is 0.301. The average Bonchev–Trinajstić information content (AvgIpc) is 3.24. The minimum atomic E-state index is -1.03. The first-order chi connectivity index (χ1) is 16.1. The minimum Gasteiger partial charge on any atom is -0.457 e. The van der Waals surface area contributed by atoms with Crippen LogP contribution in [0.25, 0.3) is 11.3 Å². The Morgan fingerprint density at radius 3 is 2.85 bits per heavy atom. The molecule has 0 aliphatic carbocycles. The lowest BCUT2D eigenvalue weighted by molar-refractivity contribution is -0.348. The second-order valence-electron chi connectivity index (χ2n) is 8.75. The van der Waals surface area contributed by atoms with Crippen LogP contribution in [0.3, 0.4) is 0 Å². The first-order valence-electron chi connectivity index (χ1n) is 10.8. The van der Waals surface area contributed by atoms with Crippen LogP contribution in [0.1, 0.15) is 38.8 Å². The lowest BCUT2D eigenvalue weighted by atomic mass is 9.90. The summed E-state index contributed by atoms with van der Waals surface area (Å²) < 4.78 is 53.7. The Hall–Kier alpha value is -2.96. The van der Waals surface area contributed by atoms with Gasteiger partial charge in [-0.1, -0.05) is 11.3 Å². The topological polar surface area (TPSA) is 117 Å². The number of carbonyl (C=O) groups excluding carboxylic acids is 1. The number of hydrogen-bond acceptors (Lipinski definition) is 9. The van der Waals surface area contributed by atoms with E-state index in [2.05, 4.69) is 15.5 Å². The molecule has 1 aromatic carbocycles. The maximum absolute atomic E-state index is 14.6. The van der Waals surface area contributed by atoms with Crippen LogP contribution in [0.5, 0.6) is 0 Å². The van der Waals surface area contributed by atoms with Gasteiger partial charge in [-0.25, -0.2) is 13.5 Å². The molecular weight excluding hydrogens is 454 g/mol. The Kier molecular flexibility index (Phi) is 6.65. The minimum absolute atomic E-state index is 0.0563. The lowest BCUT2D eigenvalue weighted by Crippen LogP contribution is -2.62. The number of aryl methyl sites for hydroxylation is 1. The van der Waals surface area contributed by atoms with Crippen LogP contribution in [-0.2, 0) is 23.7 Å². The molecule has 1 N–H and O–H groups in total. The Bertz CT molecular complexity index is 1090. The molecule has 0 saturated carbocycles. The molecule has 0 bridgehead atoms. The van der Waals surface area contributed by atoms with Crippen molar-refractivity contribution in [3.63, 3.8) is 0 Å². The van der Waals surface area contributed by atoms with Gasteiger partial charge in [-0.15, -0.1) is 10.3 Å². The zero-order chi connectivity index (χ0) is 24.6. The maximum Gasteiger partial charge on any atom is 0.303 e. The summed E-state index contributed by atoms with van der Waals surface area (Å²) in [5.74, 6) is -3.53. The van der Waals surface area contributed by atoms with Gasteiger partial charge in [-0.3, -0.25) is 4.79 Å². The molecule has 5 atom stereocenters. The fourth-order valence-electron chi connectivity index (χ4n) is 4.30. The predicted molar refractivity (Wildman–Crippen MR) is 113 cm³/mol. The third-order valence-electron chi connectivity index (χ3n) is 5.86. The van der Waals surface area contributed by atoms with Gasteiger partial charge in [-0.05, 0) is 32.4 Å². The zero-order valence-corrected chi connectivity index (χ0v) is 19.1. The molecule has 4 rings (SSSR count). The molecule has 2 aromatic rings. The van der Waals surface area contributed by atoms with Crippen molar-refractivity contribution in [3.8, 4) is 11.3 Å². The van der Waals surface area contributed by atoms with E-state index in [1.165, 1.54) is 43.1 Å². The summed E-state index contributed by atoms with van der Waals surface area (Å²) in [4.78, 5) is 12.0. The van der Waals surface area contributed by atoms with E-state index in [9.17, 15) is 13.6 Å². The van der Waals surface area contributed by atoms with Crippen molar-refractivity contribution in [1.82, 2.24) is 15.0 Å². The molecule has 2 saturated heterocycles. The van der Waals surface area contributed by atoms with E-state index in [-0.39, 0.29) is 29.8 Å². The average molecular weight is 480 g/mol. The van der Waals surface area contributed by atoms with Crippen molar-refractivity contribution in [2.45, 2.75) is 70.4 Å². The van der Waals surface area contributed by atoms with Gasteiger partial charge in [0.2, 0.25) is 0 Å². The molecule has 34 heavy (non-hydrogen) atoms. The molecule has 1 aromatic heterocycles. The number of ether oxygens (including phenoxy) is 4. The SMILES string of the molecule is CC(=O)OC1C(CC=NO)OC2COC(C)(C)OC2C1n1cc(-c2ccc(C)c(F)c2F)nn1. The number of oxime groups is 1. The fourth-order valence-corrected chi connectivity index (χ4v) is 4.30. The molecular formula is C22H26F2N4O6. The summed E-state index contributed by atoms with van der Waals surface area (Å²) in [6, 6.07) is 2.13. The third kappa shape index (κ3) is 4.65. The van der Waals surface area contributed by atoms with Gasteiger partial charge < -0.3 is 24.2 Å². The number of benzene rings is 1. The molecule has 10 nitrogen and oxygen atoms in total. The Morgan fingerprint density at radius 1 is 1.38 bits per heavy atom. The predicted octanol–water partition coefficient (Wildman–Crippen LogP) is 2.77. The summed E-state index contributed by atoms with van der Waals surface area (Å²) >= 11 is 0. The van der Waals surface area contributed by atoms with E-state index in [1.807, 2.05) is 0 Å². The highest BCUT2D eigenvalue weighted by Gasteiger charge is 2.53. The standard InChI is InChI=1S/C22H26F2N4O6/c1-11-5-6-13(18(24)17(11)23)14-9-28(27-26-14)19-20(32-12(2)29)15(7-8-25-30)33-16-10-31-22(3,4)34-21(16)19/h5-6,8-9,15-16,19-21,30H,7,10H2,1-4H3. The van der Waals surface area contributed by atoms with E-state index in [4.69, 9.17) is 24.2 Å². The lowest BCUT2D eigenvalue weighted by Gasteiger charge is -2.50. The fraction of sp³-hybridized carbons (Fsp3) is 0.545. The summed E-state index contributed by atoms with van der Waals surface area (Å²) in [7, 11) is 0. The van der Waals surface area contributed by atoms with E-state index in [1.54, 1.807) is 13.8 Å². The van der Waals surface area contributed by atoms with Crippen molar-refractivity contribution in [2.24, 2.45) is 5.16 Å². The van der Waals surface area contributed by atoms with Gasteiger partial charge in [-0.2, -0.15) is 0 Å². The van der Waals surface area contributed by atoms with Crippen LogP contribution in [-0.4, -0.2) is 69.2 Å². The summed E-state index contributed by atoms with van der Waals surface area (Å²) in [5.41, 5.74) is 0.210. The van der Waals surface area contributed by atoms with Crippen LogP contribution in [0.4, 0.5) is 8.78 Å². The molecule has 2 aliphatic rings. The molecule has 0 spiro atoms. The maximum atomic E-state index is 14.6. The highest BCUT2D eigenvalue weighted by atomic mass is 19.2. The smallest absolute Gasteiger partial charge is 0.303 e.